The Hall–Kier alpha value is -1.67. The van der Waals surface area contributed by atoms with E-state index in [0.717, 1.165) is 23.2 Å². The Morgan fingerprint density at radius 1 is 1.38 bits per heavy atom. The number of guanidine groups is 1. The fourth-order valence-corrected chi connectivity index (χ4v) is 4.39. The minimum atomic E-state index is 0.0122. The summed E-state index contributed by atoms with van der Waals surface area (Å²) in [6.07, 6.45) is 6.93. The second-order valence-corrected chi connectivity index (χ2v) is 8.59. The van der Waals surface area contributed by atoms with Crippen molar-refractivity contribution in [1.29, 1.82) is 0 Å². The van der Waals surface area contributed by atoms with Gasteiger partial charge in [0.2, 0.25) is 5.91 Å². The molecule has 7 nitrogen and oxygen atoms in total. The molecule has 29 heavy (non-hydrogen) atoms. The van der Waals surface area contributed by atoms with Gasteiger partial charge in [0.25, 0.3) is 0 Å². The van der Waals surface area contributed by atoms with Gasteiger partial charge in [-0.05, 0) is 32.6 Å². The van der Waals surface area contributed by atoms with Gasteiger partial charge < -0.3 is 20.3 Å². The van der Waals surface area contributed by atoms with E-state index in [-0.39, 0.29) is 12.0 Å². The van der Waals surface area contributed by atoms with Gasteiger partial charge in [0.1, 0.15) is 11.1 Å². The van der Waals surface area contributed by atoms with Gasteiger partial charge in [0.05, 0.1) is 18.8 Å². The van der Waals surface area contributed by atoms with Crippen molar-refractivity contribution >= 4 is 23.2 Å². The van der Waals surface area contributed by atoms with Crippen LogP contribution in [0.1, 0.15) is 69.2 Å². The van der Waals surface area contributed by atoms with Gasteiger partial charge in [-0.3, -0.25) is 9.79 Å². The first-order valence-electron chi connectivity index (χ1n) is 10.8. The Kier molecular flexibility index (Phi) is 10.4. The van der Waals surface area contributed by atoms with Crippen LogP contribution in [0, 0.1) is 5.92 Å². The topological polar surface area (TPSA) is 78.9 Å². The number of aromatic nitrogens is 1. The molecule has 1 aromatic heterocycles. The molecule has 0 bridgehead atoms. The molecule has 0 saturated heterocycles. The molecule has 1 saturated carbocycles. The predicted molar refractivity (Wildman–Crippen MR) is 119 cm³/mol. The molecular formula is C21H37N5O2S. The lowest BCUT2D eigenvalue weighted by Gasteiger charge is -2.21. The zero-order valence-electron chi connectivity index (χ0n) is 18.4. The molecule has 1 fully saturated rings. The number of nitrogens with one attached hydrogen (secondary N) is 2. The van der Waals surface area contributed by atoms with Crippen LogP contribution in [0.15, 0.2) is 10.4 Å². The van der Waals surface area contributed by atoms with Crippen LogP contribution in [0.25, 0.3) is 0 Å². The molecule has 1 heterocycles. The number of carbonyl (C=O) groups excluding carboxylic acids is 1. The highest BCUT2D eigenvalue weighted by Gasteiger charge is 2.17. The summed E-state index contributed by atoms with van der Waals surface area (Å²) in [6.45, 7) is 6.65. The van der Waals surface area contributed by atoms with Crippen molar-refractivity contribution < 1.29 is 9.53 Å². The number of amides is 1. The monoisotopic (exact) mass is 423 g/mol. The largest absolute Gasteiger partial charge is 0.375 e. The summed E-state index contributed by atoms with van der Waals surface area (Å²) in [4.78, 5) is 23.5. The van der Waals surface area contributed by atoms with E-state index in [1.54, 1.807) is 18.4 Å². The van der Waals surface area contributed by atoms with Crippen LogP contribution in [0.4, 0.5) is 0 Å². The maximum Gasteiger partial charge on any atom is 0.220 e. The highest BCUT2D eigenvalue weighted by molar-refractivity contribution is 7.09. The van der Waals surface area contributed by atoms with Gasteiger partial charge in [-0.2, -0.15) is 0 Å². The SMILES string of the molecule is CCNC(=NCCNC(=O)CC1CCCCC1)N(C)Cc1csc(C(C)OC)n1. The third-order valence-corrected chi connectivity index (χ3v) is 6.32. The van der Waals surface area contributed by atoms with E-state index in [0.29, 0.717) is 32.0 Å². The molecule has 8 heteroatoms. The van der Waals surface area contributed by atoms with Crippen LogP contribution in [0.5, 0.6) is 0 Å². The average Bonchev–Trinajstić information content (AvgIpc) is 3.18. The molecule has 1 aromatic rings. The Morgan fingerprint density at radius 2 is 2.14 bits per heavy atom. The van der Waals surface area contributed by atoms with Crippen LogP contribution in [-0.2, 0) is 16.1 Å². The highest BCUT2D eigenvalue weighted by atomic mass is 32.1. The standard InChI is InChI=1S/C21H37N5O2S/c1-5-22-21(26(3)14-18-15-29-20(25-18)16(2)28-4)24-12-11-23-19(27)13-17-9-7-6-8-10-17/h15-17H,5-14H2,1-4H3,(H,22,24)(H,23,27). The van der Waals surface area contributed by atoms with Crippen LogP contribution in [-0.4, -0.2) is 55.5 Å². The van der Waals surface area contributed by atoms with Gasteiger partial charge in [-0.15, -0.1) is 11.3 Å². The molecular weight excluding hydrogens is 386 g/mol. The molecule has 2 rings (SSSR count). The maximum absolute atomic E-state index is 12.1. The molecule has 1 atom stereocenters. The highest BCUT2D eigenvalue weighted by Crippen LogP contribution is 2.26. The number of ether oxygens (including phenoxy) is 1. The molecule has 1 unspecified atom stereocenters. The van der Waals surface area contributed by atoms with Crippen molar-refractivity contribution in [3.63, 3.8) is 0 Å². The van der Waals surface area contributed by atoms with Crippen LogP contribution in [0.3, 0.4) is 0 Å². The van der Waals surface area contributed by atoms with E-state index >= 15 is 0 Å². The number of aliphatic imine (C=N–C) groups is 1. The summed E-state index contributed by atoms with van der Waals surface area (Å²) in [6, 6.07) is 0. The first kappa shape index (κ1) is 23.6. The molecule has 1 aliphatic carbocycles. The smallest absolute Gasteiger partial charge is 0.220 e. The molecule has 0 aromatic carbocycles. The second kappa shape index (κ2) is 12.8. The van der Waals surface area contributed by atoms with Crippen molar-refractivity contribution in [2.75, 3.05) is 33.8 Å². The number of methoxy groups -OCH3 is 1. The normalized spacial score (nSPS) is 16.5. The van der Waals surface area contributed by atoms with E-state index in [1.165, 1.54) is 32.1 Å². The van der Waals surface area contributed by atoms with Crippen molar-refractivity contribution in [1.82, 2.24) is 20.5 Å². The van der Waals surface area contributed by atoms with E-state index < -0.39 is 0 Å². The average molecular weight is 424 g/mol. The molecule has 1 aliphatic rings. The predicted octanol–water partition coefficient (Wildman–Crippen LogP) is 3.33. The number of nitrogens with zero attached hydrogens (tertiary/aromatic N) is 3. The van der Waals surface area contributed by atoms with Crippen molar-refractivity contribution in [2.24, 2.45) is 10.9 Å². The molecule has 0 aliphatic heterocycles. The van der Waals surface area contributed by atoms with Crippen LogP contribution in [0.2, 0.25) is 0 Å². The fraction of sp³-hybridized carbons (Fsp3) is 0.762. The lowest BCUT2D eigenvalue weighted by molar-refractivity contribution is -0.122. The summed E-state index contributed by atoms with van der Waals surface area (Å²) in [5.74, 6) is 1.55. The van der Waals surface area contributed by atoms with Gasteiger partial charge in [0.15, 0.2) is 5.96 Å². The minimum Gasteiger partial charge on any atom is -0.375 e. The number of rotatable bonds is 10. The Morgan fingerprint density at radius 3 is 2.83 bits per heavy atom. The maximum atomic E-state index is 12.1. The molecule has 164 valence electrons. The lowest BCUT2D eigenvalue weighted by Crippen LogP contribution is -2.39. The zero-order chi connectivity index (χ0) is 21.1. The quantitative estimate of drug-likeness (QED) is 0.343. The van der Waals surface area contributed by atoms with Crippen molar-refractivity contribution in [2.45, 2.75) is 65.0 Å². The van der Waals surface area contributed by atoms with Crippen LogP contribution < -0.4 is 10.6 Å². The first-order valence-corrected chi connectivity index (χ1v) is 11.6. The van der Waals surface area contributed by atoms with Gasteiger partial charge >= 0.3 is 0 Å². The summed E-state index contributed by atoms with van der Waals surface area (Å²) in [5.41, 5.74) is 1.00. The number of thiazole rings is 1. The third-order valence-electron chi connectivity index (χ3n) is 5.26. The molecule has 0 spiro atoms. The fourth-order valence-electron chi connectivity index (χ4n) is 3.55. The van der Waals surface area contributed by atoms with Crippen LogP contribution >= 0.6 is 11.3 Å². The Balaban J connectivity index is 1.78. The van der Waals surface area contributed by atoms with Gasteiger partial charge in [0, 0.05) is 39.0 Å². The Labute approximate surface area is 179 Å². The zero-order valence-corrected chi connectivity index (χ0v) is 19.2. The van der Waals surface area contributed by atoms with E-state index in [1.807, 2.05) is 14.0 Å². The van der Waals surface area contributed by atoms with Gasteiger partial charge in [-0.25, -0.2) is 4.98 Å². The van der Waals surface area contributed by atoms with Gasteiger partial charge in [-0.1, -0.05) is 19.3 Å². The molecule has 0 radical (unpaired) electrons. The third kappa shape index (κ3) is 8.30. The van der Waals surface area contributed by atoms with E-state index in [4.69, 9.17) is 4.74 Å². The van der Waals surface area contributed by atoms with E-state index in [9.17, 15) is 4.79 Å². The number of hydrogen-bond donors (Lipinski definition) is 2. The van der Waals surface area contributed by atoms with Crippen molar-refractivity contribution in [3.8, 4) is 0 Å². The van der Waals surface area contributed by atoms with Crippen molar-refractivity contribution in [3.05, 3.63) is 16.1 Å². The number of hydrogen-bond acceptors (Lipinski definition) is 5. The summed E-state index contributed by atoms with van der Waals surface area (Å²) in [7, 11) is 3.70. The second-order valence-electron chi connectivity index (χ2n) is 7.70. The summed E-state index contributed by atoms with van der Waals surface area (Å²) in [5, 5.41) is 9.38. The first-order chi connectivity index (χ1) is 14.0. The number of carbonyl (C=O) groups is 1. The molecule has 1 amide bonds. The Bertz CT molecular complexity index is 643. The molecule has 2 N–H and O–H groups in total. The van der Waals surface area contributed by atoms with E-state index in [2.05, 4.69) is 37.8 Å². The lowest BCUT2D eigenvalue weighted by atomic mass is 9.87. The summed E-state index contributed by atoms with van der Waals surface area (Å²) >= 11 is 1.62. The minimum absolute atomic E-state index is 0.0122. The summed E-state index contributed by atoms with van der Waals surface area (Å²) < 4.78 is 5.34.